The van der Waals surface area contributed by atoms with Gasteiger partial charge in [0.1, 0.15) is 5.69 Å². The van der Waals surface area contributed by atoms with Gasteiger partial charge in [0.2, 0.25) is 5.95 Å². The van der Waals surface area contributed by atoms with E-state index in [0.29, 0.717) is 29.4 Å². The molecule has 0 aliphatic heterocycles. The first-order chi connectivity index (χ1) is 8.22. The van der Waals surface area contributed by atoms with Gasteiger partial charge in [0.25, 0.3) is 5.56 Å². The Hall–Kier alpha value is -2.18. The largest absolute Gasteiger partial charge is 0.350 e. The molecule has 88 valence electrons. The van der Waals surface area contributed by atoms with Crippen molar-refractivity contribution in [1.29, 1.82) is 0 Å². The van der Waals surface area contributed by atoms with Gasteiger partial charge in [-0.2, -0.15) is 10.1 Å². The Labute approximate surface area is 96.7 Å². The van der Waals surface area contributed by atoms with Crippen LogP contribution in [0.4, 0.5) is 5.95 Å². The first-order valence-corrected chi connectivity index (χ1v) is 5.47. The van der Waals surface area contributed by atoms with Crippen molar-refractivity contribution < 1.29 is 0 Å². The fourth-order valence-corrected chi connectivity index (χ4v) is 1.61. The lowest BCUT2D eigenvalue weighted by molar-refractivity contribution is 0.915. The number of nitrogens with zero attached hydrogens (tertiary/aromatic N) is 3. The fourth-order valence-electron chi connectivity index (χ4n) is 1.61. The topological polar surface area (TPSA) is 99.3 Å². The summed E-state index contributed by atoms with van der Waals surface area (Å²) in [5.41, 5.74) is 0.326. The third-order valence-corrected chi connectivity index (χ3v) is 2.83. The number of hydrogen-bond donors (Lipinski definition) is 3. The molecule has 0 radical (unpaired) electrons. The molecule has 7 heteroatoms. The molecule has 0 aromatic carbocycles. The summed E-state index contributed by atoms with van der Waals surface area (Å²) in [6, 6.07) is 3.48. The summed E-state index contributed by atoms with van der Waals surface area (Å²) in [5.74, 6) is 1.79. The van der Waals surface area contributed by atoms with Crippen LogP contribution >= 0.6 is 0 Å². The van der Waals surface area contributed by atoms with Crippen LogP contribution in [0.25, 0.3) is 11.5 Å². The first kappa shape index (κ1) is 10.0. The molecule has 2 unspecified atom stereocenters. The minimum Gasteiger partial charge on any atom is -0.350 e. The first-order valence-electron chi connectivity index (χ1n) is 5.47. The van der Waals surface area contributed by atoms with Crippen LogP contribution in [0.2, 0.25) is 0 Å². The zero-order valence-electron chi connectivity index (χ0n) is 9.27. The zero-order chi connectivity index (χ0) is 11.8. The fraction of sp³-hybridized carbons (Fsp3) is 0.400. The average molecular weight is 232 g/mol. The highest BCUT2D eigenvalue weighted by Gasteiger charge is 2.33. The molecular weight excluding hydrogens is 220 g/mol. The smallest absolute Gasteiger partial charge is 0.264 e. The number of nitrogens with one attached hydrogen (secondary N) is 3. The minimum absolute atomic E-state index is 0.238. The highest BCUT2D eigenvalue weighted by atomic mass is 16.1. The minimum atomic E-state index is -0.238. The second-order valence-corrected chi connectivity index (χ2v) is 4.28. The van der Waals surface area contributed by atoms with Crippen molar-refractivity contribution >= 4 is 5.95 Å². The SMILES string of the molecule is CC1CC1Nc1n[nH]c(-c2ccc(=O)[nH]n2)n1. The van der Waals surface area contributed by atoms with Crippen molar-refractivity contribution in [3.05, 3.63) is 22.5 Å². The second kappa shape index (κ2) is 3.69. The van der Waals surface area contributed by atoms with Crippen molar-refractivity contribution in [1.82, 2.24) is 25.4 Å². The lowest BCUT2D eigenvalue weighted by atomic mass is 10.4. The van der Waals surface area contributed by atoms with Gasteiger partial charge in [-0.05, 0) is 18.4 Å². The Bertz CT molecular complexity index is 568. The van der Waals surface area contributed by atoms with Gasteiger partial charge in [0.15, 0.2) is 5.82 Å². The predicted octanol–water partition coefficient (Wildman–Crippen LogP) is 0.375. The van der Waals surface area contributed by atoms with Crippen LogP contribution in [0.5, 0.6) is 0 Å². The van der Waals surface area contributed by atoms with E-state index in [2.05, 4.69) is 37.6 Å². The van der Waals surface area contributed by atoms with Gasteiger partial charge in [0.05, 0.1) is 0 Å². The molecule has 2 atom stereocenters. The molecule has 2 aromatic heterocycles. The maximum atomic E-state index is 10.9. The van der Waals surface area contributed by atoms with E-state index >= 15 is 0 Å². The third kappa shape index (κ3) is 2.03. The maximum absolute atomic E-state index is 10.9. The Morgan fingerprint density at radius 2 is 2.18 bits per heavy atom. The van der Waals surface area contributed by atoms with Gasteiger partial charge in [-0.15, -0.1) is 5.10 Å². The van der Waals surface area contributed by atoms with E-state index in [4.69, 9.17) is 0 Å². The van der Waals surface area contributed by atoms with Crippen molar-refractivity contribution in [2.45, 2.75) is 19.4 Å². The maximum Gasteiger partial charge on any atom is 0.264 e. The number of aromatic amines is 2. The average Bonchev–Trinajstić information content (AvgIpc) is 2.82. The number of rotatable bonds is 3. The van der Waals surface area contributed by atoms with E-state index in [0.717, 1.165) is 6.42 Å². The Morgan fingerprint density at radius 3 is 2.82 bits per heavy atom. The van der Waals surface area contributed by atoms with E-state index < -0.39 is 0 Å². The van der Waals surface area contributed by atoms with Gasteiger partial charge in [-0.1, -0.05) is 6.92 Å². The van der Waals surface area contributed by atoms with Crippen molar-refractivity contribution in [3.63, 3.8) is 0 Å². The number of hydrogen-bond acceptors (Lipinski definition) is 5. The molecule has 1 aliphatic rings. The summed E-state index contributed by atoms with van der Waals surface area (Å²) in [6.07, 6.45) is 1.15. The Morgan fingerprint density at radius 1 is 1.35 bits per heavy atom. The summed E-state index contributed by atoms with van der Waals surface area (Å²) >= 11 is 0. The van der Waals surface area contributed by atoms with Crippen LogP contribution in [0.15, 0.2) is 16.9 Å². The lowest BCUT2D eigenvalue weighted by Gasteiger charge is -1.96. The molecule has 0 amide bonds. The van der Waals surface area contributed by atoms with Gasteiger partial charge in [0, 0.05) is 12.1 Å². The summed E-state index contributed by atoms with van der Waals surface area (Å²) in [5, 5.41) is 16.3. The Kier molecular flexibility index (Phi) is 2.17. The molecule has 2 aromatic rings. The quantitative estimate of drug-likeness (QED) is 0.710. The van der Waals surface area contributed by atoms with Gasteiger partial charge < -0.3 is 5.32 Å². The Balaban J connectivity index is 1.79. The molecule has 1 fully saturated rings. The van der Waals surface area contributed by atoms with Crippen molar-refractivity contribution in [2.24, 2.45) is 5.92 Å². The molecule has 3 N–H and O–H groups in total. The van der Waals surface area contributed by atoms with Crippen LogP contribution in [0, 0.1) is 5.92 Å². The molecule has 0 saturated heterocycles. The van der Waals surface area contributed by atoms with Crippen molar-refractivity contribution in [3.8, 4) is 11.5 Å². The predicted molar refractivity (Wildman–Crippen MR) is 61.4 cm³/mol. The number of aromatic nitrogens is 5. The van der Waals surface area contributed by atoms with Gasteiger partial charge in [-0.25, -0.2) is 5.10 Å². The van der Waals surface area contributed by atoms with Gasteiger partial charge in [-0.3, -0.25) is 9.89 Å². The molecule has 0 spiro atoms. The summed E-state index contributed by atoms with van der Waals surface area (Å²) in [6.45, 7) is 2.18. The molecular formula is C10H12N6O. The molecule has 7 nitrogen and oxygen atoms in total. The normalized spacial score (nSPS) is 22.4. The van der Waals surface area contributed by atoms with Crippen LogP contribution in [-0.4, -0.2) is 31.4 Å². The van der Waals surface area contributed by atoms with Gasteiger partial charge >= 0.3 is 0 Å². The summed E-state index contributed by atoms with van der Waals surface area (Å²) in [4.78, 5) is 15.1. The highest BCUT2D eigenvalue weighted by molar-refractivity contribution is 5.49. The summed E-state index contributed by atoms with van der Waals surface area (Å²) in [7, 11) is 0. The third-order valence-electron chi connectivity index (χ3n) is 2.83. The van der Waals surface area contributed by atoms with E-state index in [-0.39, 0.29) is 5.56 Å². The summed E-state index contributed by atoms with van der Waals surface area (Å²) < 4.78 is 0. The van der Waals surface area contributed by atoms with Crippen LogP contribution in [-0.2, 0) is 0 Å². The van der Waals surface area contributed by atoms with E-state index in [9.17, 15) is 4.79 Å². The monoisotopic (exact) mass is 232 g/mol. The van der Waals surface area contributed by atoms with E-state index in [1.165, 1.54) is 6.07 Å². The molecule has 3 rings (SSSR count). The van der Waals surface area contributed by atoms with Crippen LogP contribution < -0.4 is 10.9 Å². The van der Waals surface area contributed by atoms with Crippen LogP contribution in [0.1, 0.15) is 13.3 Å². The second-order valence-electron chi connectivity index (χ2n) is 4.28. The molecule has 1 saturated carbocycles. The molecule has 17 heavy (non-hydrogen) atoms. The lowest BCUT2D eigenvalue weighted by Crippen LogP contribution is -2.06. The zero-order valence-corrected chi connectivity index (χ0v) is 9.27. The van der Waals surface area contributed by atoms with E-state index in [1.807, 2.05) is 0 Å². The molecule has 0 bridgehead atoms. The number of anilines is 1. The van der Waals surface area contributed by atoms with E-state index in [1.54, 1.807) is 6.07 Å². The standard InChI is InChI=1S/C10H12N6O/c1-5-4-7(5)11-10-12-9(15-16-10)6-2-3-8(17)14-13-6/h2-3,5,7H,4H2,1H3,(H,14,17)(H2,11,12,15,16). The van der Waals surface area contributed by atoms with Crippen molar-refractivity contribution in [2.75, 3.05) is 5.32 Å². The highest BCUT2D eigenvalue weighted by Crippen LogP contribution is 2.31. The molecule has 1 aliphatic carbocycles. The number of H-pyrrole nitrogens is 2. The molecule has 2 heterocycles. The van der Waals surface area contributed by atoms with Crippen LogP contribution in [0.3, 0.4) is 0 Å².